The Labute approximate surface area is 483 Å². The Bertz CT molecular complexity index is 1960. The molecule has 0 aromatic carbocycles. The van der Waals surface area contributed by atoms with Gasteiger partial charge in [-0.05, 0) is 154 Å². The van der Waals surface area contributed by atoms with Crippen molar-refractivity contribution in [1.29, 1.82) is 0 Å². The highest BCUT2D eigenvalue weighted by molar-refractivity contribution is 5.71. The number of rotatable bonds is 52. The van der Waals surface area contributed by atoms with Gasteiger partial charge in [-0.25, -0.2) is 0 Å². The van der Waals surface area contributed by atoms with Crippen molar-refractivity contribution < 1.29 is 28.6 Å². The first-order chi connectivity index (χ1) is 39.0. The molecule has 436 valence electrons. The van der Waals surface area contributed by atoms with Crippen molar-refractivity contribution in [2.45, 2.75) is 219 Å². The van der Waals surface area contributed by atoms with E-state index in [-0.39, 0.29) is 38.0 Å². The zero-order chi connectivity index (χ0) is 57.1. The Balaban J connectivity index is 4.66. The maximum absolute atomic E-state index is 12.9. The van der Waals surface area contributed by atoms with Crippen molar-refractivity contribution in [3.63, 3.8) is 0 Å². The predicted molar refractivity (Wildman–Crippen MR) is 343 cm³/mol. The summed E-state index contributed by atoms with van der Waals surface area (Å²) in [4.78, 5) is 38.3. The van der Waals surface area contributed by atoms with Crippen LogP contribution in [0.15, 0.2) is 207 Å². The van der Waals surface area contributed by atoms with E-state index in [1.165, 1.54) is 0 Å². The number of allylic oxidation sites excluding steroid dienone is 34. The third-order valence-electron chi connectivity index (χ3n) is 11.8. The molecule has 0 aliphatic carbocycles. The quantitative estimate of drug-likeness (QED) is 0.0261. The van der Waals surface area contributed by atoms with Crippen LogP contribution in [0.2, 0.25) is 0 Å². The molecule has 0 saturated carbocycles. The number of esters is 3. The Hall–Kier alpha value is -6.01. The summed E-state index contributed by atoms with van der Waals surface area (Å²) in [6, 6.07) is 0. The molecule has 0 radical (unpaired) electrons. The minimum atomic E-state index is -0.859. The lowest BCUT2D eigenvalue weighted by atomic mass is 10.1. The van der Waals surface area contributed by atoms with Gasteiger partial charge in [0.15, 0.2) is 6.10 Å². The molecule has 6 nitrogen and oxygen atoms in total. The van der Waals surface area contributed by atoms with Crippen LogP contribution in [0.5, 0.6) is 0 Å². The SMILES string of the molecule is CC/C=C\C/C=C\C/C=C\C/C=C\C/C=C\C/C=C\CCCCCCC(=O)OCC(COC(=O)CCCCC/C=C\C/C=C\C/C=C\C/C=C\C/C=C\CC)OC(=O)CC/C=C\C/C=C\C/C=C\C/C=C\C/C=C\C/C=C\CC. The number of unbranched alkanes of at least 4 members (excludes halogenated alkanes) is 7. The Morgan fingerprint density at radius 3 is 0.759 bits per heavy atom. The molecule has 0 heterocycles. The zero-order valence-electron chi connectivity index (χ0n) is 49.8. The van der Waals surface area contributed by atoms with Crippen LogP contribution >= 0.6 is 0 Å². The smallest absolute Gasteiger partial charge is 0.306 e. The summed E-state index contributed by atoms with van der Waals surface area (Å²) in [5.74, 6) is -1.10. The van der Waals surface area contributed by atoms with Crippen molar-refractivity contribution in [1.82, 2.24) is 0 Å². The first kappa shape index (κ1) is 73.0. The van der Waals surface area contributed by atoms with Crippen molar-refractivity contribution in [2.24, 2.45) is 0 Å². The third kappa shape index (κ3) is 62.7. The molecule has 0 rings (SSSR count). The van der Waals surface area contributed by atoms with Crippen LogP contribution in [0.4, 0.5) is 0 Å². The van der Waals surface area contributed by atoms with Crippen LogP contribution < -0.4 is 0 Å². The fourth-order valence-corrected chi connectivity index (χ4v) is 7.32. The van der Waals surface area contributed by atoms with E-state index >= 15 is 0 Å². The second-order valence-electron chi connectivity index (χ2n) is 19.1. The van der Waals surface area contributed by atoms with E-state index in [9.17, 15) is 14.4 Å². The van der Waals surface area contributed by atoms with Crippen LogP contribution in [-0.2, 0) is 28.6 Å². The predicted octanol–water partition coefficient (Wildman–Crippen LogP) is 21.2. The Kier molecular flexibility index (Phi) is 59.6. The van der Waals surface area contributed by atoms with E-state index in [0.717, 1.165) is 167 Å². The van der Waals surface area contributed by atoms with E-state index in [1.807, 2.05) is 12.2 Å². The van der Waals surface area contributed by atoms with E-state index in [0.29, 0.717) is 12.8 Å². The van der Waals surface area contributed by atoms with Crippen molar-refractivity contribution in [3.8, 4) is 0 Å². The summed E-state index contributed by atoms with van der Waals surface area (Å²) in [6.07, 6.45) is 99.7. The number of carbonyl (C=O) groups excluding carboxylic acids is 3. The molecule has 1 atom stereocenters. The average molecular weight is 1080 g/mol. The lowest BCUT2D eigenvalue weighted by Gasteiger charge is -2.18. The third-order valence-corrected chi connectivity index (χ3v) is 11.8. The van der Waals surface area contributed by atoms with Crippen molar-refractivity contribution in [3.05, 3.63) is 207 Å². The number of carbonyl (C=O) groups is 3. The fourth-order valence-electron chi connectivity index (χ4n) is 7.32. The van der Waals surface area contributed by atoms with Crippen molar-refractivity contribution >= 4 is 17.9 Å². The molecule has 0 bridgehead atoms. The molecule has 0 aliphatic heterocycles. The molecule has 1 unspecified atom stereocenters. The van der Waals surface area contributed by atoms with Gasteiger partial charge in [0.1, 0.15) is 13.2 Å². The van der Waals surface area contributed by atoms with Gasteiger partial charge in [0, 0.05) is 19.3 Å². The van der Waals surface area contributed by atoms with E-state index in [1.54, 1.807) is 0 Å². The van der Waals surface area contributed by atoms with Gasteiger partial charge in [0.05, 0.1) is 0 Å². The summed E-state index contributed by atoms with van der Waals surface area (Å²) < 4.78 is 16.8. The molecule has 0 aliphatic rings. The molecule has 6 heteroatoms. The molecule has 79 heavy (non-hydrogen) atoms. The maximum Gasteiger partial charge on any atom is 0.306 e. The summed E-state index contributed by atoms with van der Waals surface area (Å²) in [5.41, 5.74) is 0. The van der Waals surface area contributed by atoms with Crippen LogP contribution in [-0.4, -0.2) is 37.2 Å². The van der Waals surface area contributed by atoms with Gasteiger partial charge in [-0.1, -0.05) is 247 Å². The van der Waals surface area contributed by atoms with Gasteiger partial charge in [0.25, 0.3) is 0 Å². The van der Waals surface area contributed by atoms with E-state index in [2.05, 4.69) is 215 Å². The minimum Gasteiger partial charge on any atom is -0.462 e. The normalized spacial score (nSPS) is 13.6. The molecular formula is C73H108O6. The topological polar surface area (TPSA) is 78.9 Å². The fraction of sp³-hybridized carbons (Fsp3) is 0.493. The van der Waals surface area contributed by atoms with Gasteiger partial charge in [-0.2, -0.15) is 0 Å². The van der Waals surface area contributed by atoms with Crippen LogP contribution in [0.1, 0.15) is 213 Å². The lowest BCUT2D eigenvalue weighted by Crippen LogP contribution is -2.30. The lowest BCUT2D eigenvalue weighted by molar-refractivity contribution is -0.166. The molecule has 0 saturated heterocycles. The summed E-state index contributed by atoms with van der Waals surface area (Å²) in [5, 5.41) is 0. The minimum absolute atomic E-state index is 0.145. The highest BCUT2D eigenvalue weighted by Gasteiger charge is 2.19. The first-order valence-corrected chi connectivity index (χ1v) is 30.6. The second-order valence-corrected chi connectivity index (χ2v) is 19.1. The number of ether oxygens (including phenoxy) is 3. The Morgan fingerprint density at radius 2 is 0.481 bits per heavy atom. The summed E-state index contributed by atoms with van der Waals surface area (Å²) in [6.45, 7) is 6.16. The monoisotopic (exact) mass is 1080 g/mol. The largest absolute Gasteiger partial charge is 0.462 e. The van der Waals surface area contributed by atoms with E-state index in [4.69, 9.17) is 14.2 Å². The highest BCUT2D eigenvalue weighted by Crippen LogP contribution is 2.11. The number of hydrogen-bond donors (Lipinski definition) is 0. The molecule has 0 aromatic heterocycles. The molecule has 0 spiro atoms. The standard InChI is InChI=1S/C73H108O6/c1-4-7-10-13-16-19-22-25-28-31-34-35-36-37-40-42-45-48-51-54-57-60-63-66-72(75)78-69-70(79-73(76)67-64-61-58-55-52-49-46-43-39-33-30-27-24-21-18-15-12-9-6-3)68-77-71(74)65-62-59-56-53-50-47-44-41-38-32-29-26-23-20-17-14-11-8-5-2/h7-12,16-21,25-30,34-35,37-41,43,45,47-50,52,58,61,70H,4-6,13-15,22-24,31-33,36,42,44,46,51,53-57,59-60,62-69H2,1-3H3/b10-7-,11-8-,12-9-,19-16-,20-17-,21-18-,28-25-,29-26-,30-27-,35-34-,40-37-,41-38-,43-39-,48-45-,50-47-,52-49-,61-58-. The van der Waals surface area contributed by atoms with Gasteiger partial charge >= 0.3 is 17.9 Å². The summed E-state index contributed by atoms with van der Waals surface area (Å²) in [7, 11) is 0. The van der Waals surface area contributed by atoms with E-state index < -0.39 is 12.1 Å². The van der Waals surface area contributed by atoms with Gasteiger partial charge in [0.2, 0.25) is 0 Å². The van der Waals surface area contributed by atoms with Gasteiger partial charge < -0.3 is 14.2 Å². The molecule has 0 amide bonds. The average Bonchev–Trinajstić information content (AvgIpc) is 3.45. The zero-order valence-corrected chi connectivity index (χ0v) is 49.8. The van der Waals surface area contributed by atoms with Crippen molar-refractivity contribution in [2.75, 3.05) is 13.2 Å². The van der Waals surface area contributed by atoms with Crippen LogP contribution in [0.25, 0.3) is 0 Å². The van der Waals surface area contributed by atoms with Gasteiger partial charge in [-0.3, -0.25) is 14.4 Å². The Morgan fingerprint density at radius 1 is 0.253 bits per heavy atom. The van der Waals surface area contributed by atoms with Crippen LogP contribution in [0, 0.1) is 0 Å². The highest BCUT2D eigenvalue weighted by atomic mass is 16.6. The first-order valence-electron chi connectivity index (χ1n) is 30.6. The van der Waals surface area contributed by atoms with Crippen LogP contribution in [0.3, 0.4) is 0 Å². The van der Waals surface area contributed by atoms with Gasteiger partial charge in [-0.15, -0.1) is 0 Å². The summed E-state index contributed by atoms with van der Waals surface area (Å²) >= 11 is 0. The molecule has 0 fully saturated rings. The molecular weight excluding hydrogens is 973 g/mol. The molecule has 0 aromatic rings. The molecule has 0 N–H and O–H groups in total. The second kappa shape index (κ2) is 64.5. The number of hydrogen-bond acceptors (Lipinski definition) is 6. The maximum atomic E-state index is 12.9.